The normalized spacial score (nSPS) is 16.6. The Labute approximate surface area is 152 Å². The van der Waals surface area contributed by atoms with Gasteiger partial charge in [0.05, 0.1) is 13.0 Å². The number of carbonyl (C=O) groups is 1. The SMILES string of the molecule is CCOc1ccc(CC(=O)NCC(C)(C)N2CCN(CC)CC2)cc1. The van der Waals surface area contributed by atoms with Gasteiger partial charge in [-0.1, -0.05) is 19.1 Å². The van der Waals surface area contributed by atoms with Crippen LogP contribution in [0.1, 0.15) is 33.3 Å². The maximum Gasteiger partial charge on any atom is 0.224 e. The van der Waals surface area contributed by atoms with Gasteiger partial charge >= 0.3 is 0 Å². The second-order valence-corrected chi connectivity index (χ2v) is 7.26. The largest absolute Gasteiger partial charge is 0.494 e. The zero-order chi connectivity index (χ0) is 18.3. The van der Waals surface area contributed by atoms with E-state index in [0.29, 0.717) is 19.6 Å². The van der Waals surface area contributed by atoms with Crippen molar-refractivity contribution >= 4 is 5.91 Å². The molecule has 0 aromatic heterocycles. The minimum Gasteiger partial charge on any atom is -0.494 e. The molecular weight excluding hydrogens is 314 g/mol. The molecule has 2 rings (SSSR count). The van der Waals surface area contributed by atoms with Crippen LogP contribution in [-0.2, 0) is 11.2 Å². The molecule has 1 aliphatic heterocycles. The molecule has 0 radical (unpaired) electrons. The highest BCUT2D eigenvalue weighted by Gasteiger charge is 2.29. The lowest BCUT2D eigenvalue weighted by Crippen LogP contribution is -2.58. The summed E-state index contributed by atoms with van der Waals surface area (Å²) in [5.74, 6) is 0.920. The van der Waals surface area contributed by atoms with Crippen LogP contribution in [0.2, 0.25) is 0 Å². The van der Waals surface area contributed by atoms with Crippen molar-refractivity contribution in [2.75, 3.05) is 45.9 Å². The van der Waals surface area contributed by atoms with Crippen LogP contribution >= 0.6 is 0 Å². The van der Waals surface area contributed by atoms with E-state index in [0.717, 1.165) is 44.0 Å². The zero-order valence-electron chi connectivity index (χ0n) is 16.2. The monoisotopic (exact) mass is 347 g/mol. The van der Waals surface area contributed by atoms with E-state index in [9.17, 15) is 4.79 Å². The smallest absolute Gasteiger partial charge is 0.224 e. The molecular formula is C20H33N3O2. The van der Waals surface area contributed by atoms with Crippen LogP contribution in [0.4, 0.5) is 0 Å². The van der Waals surface area contributed by atoms with Crippen molar-refractivity contribution in [2.45, 2.75) is 39.7 Å². The van der Waals surface area contributed by atoms with E-state index in [2.05, 4.69) is 35.9 Å². The maximum absolute atomic E-state index is 12.3. The van der Waals surface area contributed by atoms with Gasteiger partial charge in [-0.3, -0.25) is 9.69 Å². The molecule has 0 unspecified atom stereocenters. The summed E-state index contributed by atoms with van der Waals surface area (Å²) in [7, 11) is 0. The molecule has 1 heterocycles. The Morgan fingerprint density at radius 2 is 1.76 bits per heavy atom. The van der Waals surface area contributed by atoms with Crippen molar-refractivity contribution in [1.82, 2.24) is 15.1 Å². The number of likely N-dealkylation sites (N-methyl/N-ethyl adjacent to an activating group) is 1. The van der Waals surface area contributed by atoms with E-state index in [1.165, 1.54) is 0 Å². The number of nitrogens with zero attached hydrogens (tertiary/aromatic N) is 2. The number of hydrogen-bond acceptors (Lipinski definition) is 4. The summed E-state index contributed by atoms with van der Waals surface area (Å²) < 4.78 is 5.43. The predicted octanol–water partition coefficient (Wildman–Crippen LogP) is 2.16. The number of benzene rings is 1. The quantitative estimate of drug-likeness (QED) is 0.783. The van der Waals surface area contributed by atoms with Crippen LogP contribution in [0, 0.1) is 0 Å². The van der Waals surface area contributed by atoms with E-state index < -0.39 is 0 Å². The van der Waals surface area contributed by atoms with Crippen molar-refractivity contribution in [3.05, 3.63) is 29.8 Å². The zero-order valence-corrected chi connectivity index (χ0v) is 16.2. The summed E-state index contributed by atoms with van der Waals surface area (Å²) in [6.45, 7) is 15.4. The molecule has 140 valence electrons. The number of hydrogen-bond donors (Lipinski definition) is 1. The first-order chi connectivity index (χ1) is 11.9. The van der Waals surface area contributed by atoms with Crippen LogP contribution in [0.3, 0.4) is 0 Å². The van der Waals surface area contributed by atoms with Crippen molar-refractivity contribution in [3.8, 4) is 5.75 Å². The molecule has 1 fully saturated rings. The Kier molecular flexibility index (Phi) is 7.26. The number of amides is 1. The number of ether oxygens (including phenoxy) is 1. The minimum atomic E-state index is -0.0195. The van der Waals surface area contributed by atoms with Gasteiger partial charge < -0.3 is 15.0 Å². The third-order valence-electron chi connectivity index (χ3n) is 4.99. The van der Waals surface area contributed by atoms with Gasteiger partial charge in [-0.2, -0.15) is 0 Å². The third kappa shape index (κ3) is 6.01. The molecule has 25 heavy (non-hydrogen) atoms. The van der Waals surface area contributed by atoms with Gasteiger partial charge in [-0.25, -0.2) is 0 Å². The lowest BCUT2D eigenvalue weighted by molar-refractivity contribution is -0.121. The molecule has 0 aliphatic carbocycles. The van der Waals surface area contributed by atoms with Crippen LogP contribution in [0.15, 0.2) is 24.3 Å². The standard InChI is InChI=1S/C20H33N3O2/c1-5-22-11-13-23(14-12-22)20(3,4)16-21-19(24)15-17-7-9-18(10-8-17)25-6-2/h7-10H,5-6,11-16H2,1-4H3,(H,21,24). The molecule has 1 saturated heterocycles. The number of rotatable bonds is 8. The van der Waals surface area contributed by atoms with E-state index in [1.807, 2.05) is 31.2 Å². The van der Waals surface area contributed by atoms with E-state index in [-0.39, 0.29) is 11.4 Å². The second kappa shape index (κ2) is 9.20. The summed E-state index contributed by atoms with van der Waals surface area (Å²) in [6, 6.07) is 7.76. The summed E-state index contributed by atoms with van der Waals surface area (Å²) in [5.41, 5.74) is 0.990. The topological polar surface area (TPSA) is 44.8 Å². The fourth-order valence-electron chi connectivity index (χ4n) is 3.21. The molecule has 1 aromatic rings. The molecule has 0 atom stereocenters. The number of piperazine rings is 1. The molecule has 5 nitrogen and oxygen atoms in total. The Bertz CT molecular complexity index is 534. The number of nitrogens with one attached hydrogen (secondary N) is 1. The van der Waals surface area contributed by atoms with Crippen molar-refractivity contribution in [3.63, 3.8) is 0 Å². The summed E-state index contributed by atoms with van der Waals surface area (Å²) in [6.07, 6.45) is 0.409. The molecule has 1 aromatic carbocycles. The molecule has 1 amide bonds. The van der Waals surface area contributed by atoms with Gasteiger partial charge in [-0.15, -0.1) is 0 Å². The predicted molar refractivity (Wildman–Crippen MR) is 102 cm³/mol. The van der Waals surface area contributed by atoms with Gasteiger partial charge in [0.25, 0.3) is 0 Å². The lowest BCUT2D eigenvalue weighted by atomic mass is 10.0. The third-order valence-corrected chi connectivity index (χ3v) is 4.99. The first kappa shape index (κ1) is 19.7. The van der Waals surface area contributed by atoms with Crippen molar-refractivity contribution in [1.29, 1.82) is 0 Å². The first-order valence-corrected chi connectivity index (χ1v) is 9.40. The Balaban J connectivity index is 1.78. The Hall–Kier alpha value is -1.59. The fraction of sp³-hybridized carbons (Fsp3) is 0.650. The van der Waals surface area contributed by atoms with E-state index in [4.69, 9.17) is 4.74 Å². The summed E-state index contributed by atoms with van der Waals surface area (Å²) in [5, 5.41) is 3.11. The average Bonchev–Trinajstić information content (AvgIpc) is 2.62. The summed E-state index contributed by atoms with van der Waals surface area (Å²) in [4.78, 5) is 17.2. The fourth-order valence-corrected chi connectivity index (χ4v) is 3.21. The molecule has 0 spiro atoms. The number of carbonyl (C=O) groups excluding carboxylic acids is 1. The second-order valence-electron chi connectivity index (χ2n) is 7.26. The molecule has 1 aliphatic rings. The van der Waals surface area contributed by atoms with Crippen LogP contribution < -0.4 is 10.1 Å². The average molecular weight is 348 g/mol. The van der Waals surface area contributed by atoms with Gasteiger partial charge in [0.2, 0.25) is 5.91 Å². The van der Waals surface area contributed by atoms with E-state index >= 15 is 0 Å². The molecule has 0 bridgehead atoms. The van der Waals surface area contributed by atoms with Crippen LogP contribution in [-0.4, -0.2) is 67.1 Å². The maximum atomic E-state index is 12.3. The molecule has 1 N–H and O–H groups in total. The van der Waals surface area contributed by atoms with Crippen LogP contribution in [0.25, 0.3) is 0 Å². The van der Waals surface area contributed by atoms with Crippen LogP contribution in [0.5, 0.6) is 5.75 Å². The van der Waals surface area contributed by atoms with Gasteiger partial charge in [0.1, 0.15) is 5.75 Å². The lowest BCUT2D eigenvalue weighted by Gasteiger charge is -2.44. The highest BCUT2D eigenvalue weighted by Crippen LogP contribution is 2.16. The summed E-state index contributed by atoms with van der Waals surface area (Å²) >= 11 is 0. The van der Waals surface area contributed by atoms with Crippen molar-refractivity contribution < 1.29 is 9.53 Å². The van der Waals surface area contributed by atoms with Crippen molar-refractivity contribution in [2.24, 2.45) is 0 Å². The molecule has 5 heteroatoms. The van der Waals surface area contributed by atoms with E-state index in [1.54, 1.807) is 0 Å². The van der Waals surface area contributed by atoms with Gasteiger partial charge in [0, 0.05) is 38.3 Å². The van der Waals surface area contributed by atoms with Gasteiger partial charge in [-0.05, 0) is 45.0 Å². The highest BCUT2D eigenvalue weighted by molar-refractivity contribution is 5.78. The Morgan fingerprint density at radius 3 is 2.32 bits per heavy atom. The van der Waals surface area contributed by atoms with Gasteiger partial charge in [0.15, 0.2) is 0 Å². The minimum absolute atomic E-state index is 0.0195. The first-order valence-electron chi connectivity index (χ1n) is 9.40. The molecule has 0 saturated carbocycles. The highest BCUT2D eigenvalue weighted by atomic mass is 16.5. The Morgan fingerprint density at radius 1 is 1.12 bits per heavy atom.